The number of para-hydroxylation sites is 1. The van der Waals surface area contributed by atoms with Gasteiger partial charge in [-0.15, -0.1) is 11.3 Å². The van der Waals surface area contributed by atoms with Gasteiger partial charge in [0.1, 0.15) is 4.70 Å². The highest BCUT2D eigenvalue weighted by Crippen LogP contribution is 2.30. The number of nitrogens with one attached hydrogen (secondary N) is 1. The lowest BCUT2D eigenvalue weighted by Gasteiger charge is -2.14. The number of carbonyl (C=O) groups excluding carboxylic acids is 1. The average Bonchev–Trinajstić information content (AvgIpc) is 3.32. The molecule has 0 aliphatic rings. The number of thioether (sulfide) groups is 1. The number of benzene rings is 2. The van der Waals surface area contributed by atoms with E-state index < -0.39 is 0 Å². The minimum Gasteiger partial charge on any atom is -0.493 e. The van der Waals surface area contributed by atoms with Crippen LogP contribution in [-0.4, -0.2) is 35.4 Å². The number of hydrogen-bond donors (Lipinski definition) is 1. The number of nitrogens with zero attached hydrogens (tertiary/aromatic N) is 2. The number of aromatic nitrogens is 2. The number of hydrogen-bond acceptors (Lipinski definition) is 7. The normalized spacial score (nSPS) is 10.8. The van der Waals surface area contributed by atoms with E-state index in [1.807, 2.05) is 53.9 Å². The lowest BCUT2D eigenvalue weighted by atomic mass is 10.2. The quantitative estimate of drug-likeness (QED) is 0.288. The van der Waals surface area contributed by atoms with Crippen LogP contribution in [0.4, 0.5) is 0 Å². The maximum atomic E-state index is 13.1. The van der Waals surface area contributed by atoms with Crippen LogP contribution in [0, 0.1) is 0 Å². The van der Waals surface area contributed by atoms with Crippen LogP contribution >= 0.6 is 23.1 Å². The van der Waals surface area contributed by atoms with Crippen molar-refractivity contribution in [3.63, 3.8) is 0 Å². The van der Waals surface area contributed by atoms with Crippen LogP contribution < -0.4 is 20.3 Å². The van der Waals surface area contributed by atoms with Crippen molar-refractivity contribution in [1.82, 2.24) is 14.9 Å². The Balaban J connectivity index is 1.49. The number of ether oxygens (including phenoxy) is 2. The summed E-state index contributed by atoms with van der Waals surface area (Å²) >= 11 is 2.63. The first-order chi connectivity index (χ1) is 16.1. The van der Waals surface area contributed by atoms with E-state index in [0.29, 0.717) is 40.0 Å². The molecule has 9 heteroatoms. The Labute approximate surface area is 199 Å². The van der Waals surface area contributed by atoms with Gasteiger partial charge in [0.05, 0.1) is 32.0 Å². The second-order valence-corrected chi connectivity index (χ2v) is 8.98. The summed E-state index contributed by atoms with van der Waals surface area (Å²) in [4.78, 5) is 30.3. The summed E-state index contributed by atoms with van der Waals surface area (Å²) in [5, 5.41) is 5.28. The Morgan fingerprint density at radius 1 is 1.09 bits per heavy atom. The minimum atomic E-state index is -0.171. The molecule has 2 aromatic carbocycles. The smallest absolute Gasteiger partial charge is 0.272 e. The zero-order valence-electron chi connectivity index (χ0n) is 18.2. The van der Waals surface area contributed by atoms with Gasteiger partial charge in [-0.3, -0.25) is 14.2 Å². The second kappa shape index (κ2) is 10.5. The minimum absolute atomic E-state index is 0.0946. The van der Waals surface area contributed by atoms with Crippen molar-refractivity contribution in [1.29, 1.82) is 0 Å². The van der Waals surface area contributed by atoms with Crippen LogP contribution in [0.2, 0.25) is 0 Å². The van der Waals surface area contributed by atoms with Gasteiger partial charge in [-0.25, -0.2) is 4.98 Å². The maximum absolute atomic E-state index is 13.1. The summed E-state index contributed by atoms with van der Waals surface area (Å²) in [5.41, 5.74) is 2.36. The molecule has 0 aliphatic carbocycles. The van der Waals surface area contributed by atoms with Crippen LogP contribution in [0.3, 0.4) is 0 Å². The zero-order valence-corrected chi connectivity index (χ0v) is 19.9. The molecule has 1 N–H and O–H groups in total. The molecule has 0 radical (unpaired) electrons. The van der Waals surface area contributed by atoms with Gasteiger partial charge < -0.3 is 14.8 Å². The number of rotatable bonds is 9. The third-order valence-corrected chi connectivity index (χ3v) is 6.88. The van der Waals surface area contributed by atoms with Gasteiger partial charge in [-0.05, 0) is 23.1 Å². The third-order valence-electron chi connectivity index (χ3n) is 5.01. The van der Waals surface area contributed by atoms with Crippen molar-refractivity contribution in [3.8, 4) is 11.5 Å². The topological polar surface area (TPSA) is 82.5 Å². The average molecular weight is 482 g/mol. The first kappa shape index (κ1) is 22.9. The van der Waals surface area contributed by atoms with E-state index in [1.54, 1.807) is 24.9 Å². The molecule has 7 nitrogen and oxygen atoms in total. The maximum Gasteiger partial charge on any atom is 0.272 e. The van der Waals surface area contributed by atoms with Crippen molar-refractivity contribution < 1.29 is 14.3 Å². The molecular formula is C24H23N3O4S2. The molecular weight excluding hydrogens is 458 g/mol. The van der Waals surface area contributed by atoms with E-state index in [1.165, 1.54) is 23.1 Å². The molecule has 4 aromatic rings. The molecule has 0 aliphatic heterocycles. The Bertz CT molecular complexity index is 1320. The molecule has 2 aromatic heterocycles. The third kappa shape index (κ3) is 5.20. The van der Waals surface area contributed by atoms with Crippen molar-refractivity contribution in [2.45, 2.75) is 18.2 Å². The predicted octanol–water partition coefficient (Wildman–Crippen LogP) is 3.93. The Hall–Kier alpha value is -3.30. The summed E-state index contributed by atoms with van der Waals surface area (Å²) < 4.78 is 13.0. The molecule has 1 amide bonds. The van der Waals surface area contributed by atoms with Crippen LogP contribution in [0.1, 0.15) is 11.1 Å². The van der Waals surface area contributed by atoms with Gasteiger partial charge in [0.15, 0.2) is 16.7 Å². The Kier molecular flexibility index (Phi) is 7.31. The standard InChI is InChI=1S/C24H23N3O4S2/c1-30-19-10-6-9-17(21(19)31-2)13-25-20(28)15-33-24-26-18-11-12-32-22(18)23(29)27(24)14-16-7-4-3-5-8-16/h3-12H,13-15H2,1-2H3,(H,25,28). The number of carbonyl (C=O) groups is 1. The van der Waals surface area contributed by atoms with Crippen LogP contribution in [0.25, 0.3) is 10.2 Å². The first-order valence-corrected chi connectivity index (χ1v) is 12.1. The predicted molar refractivity (Wildman–Crippen MR) is 132 cm³/mol. The van der Waals surface area contributed by atoms with Gasteiger partial charge in [-0.2, -0.15) is 0 Å². The number of thiophene rings is 1. The van der Waals surface area contributed by atoms with Crippen molar-refractivity contribution in [2.24, 2.45) is 0 Å². The monoisotopic (exact) mass is 481 g/mol. The molecule has 0 atom stereocenters. The highest BCUT2D eigenvalue weighted by molar-refractivity contribution is 7.99. The molecule has 33 heavy (non-hydrogen) atoms. The molecule has 0 fully saturated rings. The Morgan fingerprint density at radius 2 is 1.91 bits per heavy atom. The lowest BCUT2D eigenvalue weighted by molar-refractivity contribution is -0.118. The van der Waals surface area contributed by atoms with E-state index in [0.717, 1.165) is 11.1 Å². The highest BCUT2D eigenvalue weighted by atomic mass is 32.2. The van der Waals surface area contributed by atoms with Crippen LogP contribution in [0.5, 0.6) is 11.5 Å². The van der Waals surface area contributed by atoms with E-state index in [-0.39, 0.29) is 17.2 Å². The fourth-order valence-electron chi connectivity index (χ4n) is 3.41. The summed E-state index contributed by atoms with van der Waals surface area (Å²) in [6.07, 6.45) is 0. The van der Waals surface area contributed by atoms with Crippen molar-refractivity contribution in [3.05, 3.63) is 81.5 Å². The highest BCUT2D eigenvalue weighted by Gasteiger charge is 2.15. The second-order valence-electron chi connectivity index (χ2n) is 7.12. The molecule has 0 saturated carbocycles. The summed E-state index contributed by atoms with van der Waals surface area (Å²) in [7, 11) is 3.14. The molecule has 0 bridgehead atoms. The number of fused-ring (bicyclic) bond motifs is 1. The van der Waals surface area contributed by atoms with Gasteiger partial charge >= 0.3 is 0 Å². The van der Waals surface area contributed by atoms with E-state index >= 15 is 0 Å². The molecule has 2 heterocycles. The van der Waals surface area contributed by atoms with Crippen LogP contribution in [-0.2, 0) is 17.9 Å². The van der Waals surface area contributed by atoms with Gasteiger partial charge in [0.25, 0.3) is 5.56 Å². The first-order valence-electron chi connectivity index (χ1n) is 10.2. The number of amides is 1. The van der Waals surface area contributed by atoms with Gasteiger partial charge in [-0.1, -0.05) is 54.2 Å². The molecule has 0 saturated heterocycles. The van der Waals surface area contributed by atoms with E-state index in [9.17, 15) is 9.59 Å². The van der Waals surface area contributed by atoms with Gasteiger partial charge in [0.2, 0.25) is 5.91 Å². The van der Waals surface area contributed by atoms with Crippen LogP contribution in [0.15, 0.2) is 69.9 Å². The molecule has 0 unspecified atom stereocenters. The van der Waals surface area contributed by atoms with Gasteiger partial charge in [0, 0.05) is 12.1 Å². The van der Waals surface area contributed by atoms with E-state index in [4.69, 9.17) is 9.47 Å². The summed E-state index contributed by atoms with van der Waals surface area (Å²) in [6.45, 7) is 0.694. The molecule has 4 rings (SSSR count). The van der Waals surface area contributed by atoms with Crippen molar-refractivity contribution in [2.75, 3.05) is 20.0 Å². The largest absolute Gasteiger partial charge is 0.493 e. The number of methoxy groups -OCH3 is 2. The Morgan fingerprint density at radius 3 is 2.67 bits per heavy atom. The summed E-state index contributed by atoms with van der Waals surface area (Å²) in [6, 6.07) is 17.1. The SMILES string of the molecule is COc1cccc(CNC(=O)CSc2nc3ccsc3c(=O)n2Cc2ccccc2)c1OC. The zero-order chi connectivity index (χ0) is 23.2. The van der Waals surface area contributed by atoms with E-state index in [2.05, 4.69) is 10.3 Å². The lowest BCUT2D eigenvalue weighted by Crippen LogP contribution is -2.27. The van der Waals surface area contributed by atoms with Crippen molar-refractivity contribution >= 4 is 39.2 Å². The molecule has 0 spiro atoms. The summed E-state index contributed by atoms with van der Waals surface area (Å²) in [5.74, 6) is 1.16. The molecule has 170 valence electrons. The fraction of sp³-hybridized carbons (Fsp3) is 0.208. The fourth-order valence-corrected chi connectivity index (χ4v) is 5.01.